The lowest BCUT2D eigenvalue weighted by Gasteiger charge is -2.30. The fourth-order valence-electron chi connectivity index (χ4n) is 4.52. The van der Waals surface area contributed by atoms with Crippen LogP contribution in [0.4, 0.5) is 10.5 Å². The number of carbonyl (C=O) groups is 2. The van der Waals surface area contributed by atoms with Crippen molar-refractivity contribution in [1.82, 2.24) is 19.4 Å². The van der Waals surface area contributed by atoms with Gasteiger partial charge in [0.15, 0.2) is 5.16 Å². The third-order valence-electron chi connectivity index (χ3n) is 6.79. The van der Waals surface area contributed by atoms with Gasteiger partial charge < -0.3 is 24.3 Å². The number of piperidine rings is 1. The minimum Gasteiger partial charge on any atom is -0.410 e. The standard InChI is InChI=1S/C28H33N5O4S/c1-31-15-12-29-27(31)38-25-10-13-33(14-11-25)28(35)37-24-8-6-23(7-9-24)30-26(34)22-4-2-21(3-5-22)20-32-16-18-36-19-17-32/h2-9,12,15,25H,10-11,13-14,16-20H2,1H3,(H,30,34). The van der Waals surface area contributed by atoms with Gasteiger partial charge in [-0.1, -0.05) is 23.9 Å². The number of aromatic nitrogens is 2. The van der Waals surface area contributed by atoms with Crippen molar-refractivity contribution in [3.63, 3.8) is 0 Å². The van der Waals surface area contributed by atoms with Crippen molar-refractivity contribution in [1.29, 1.82) is 0 Å². The largest absolute Gasteiger partial charge is 0.415 e. The first-order chi connectivity index (χ1) is 18.5. The highest BCUT2D eigenvalue weighted by Crippen LogP contribution is 2.29. The number of ether oxygens (including phenoxy) is 2. The SMILES string of the molecule is Cn1ccnc1SC1CCN(C(=O)Oc2ccc(NC(=O)c3ccc(CN4CCOCC4)cc3)cc2)CC1. The van der Waals surface area contributed by atoms with Crippen LogP contribution in [0.1, 0.15) is 28.8 Å². The number of nitrogens with zero attached hydrogens (tertiary/aromatic N) is 4. The van der Waals surface area contributed by atoms with E-state index in [1.165, 1.54) is 5.56 Å². The molecule has 0 unspecified atom stereocenters. The monoisotopic (exact) mass is 535 g/mol. The Labute approximate surface area is 227 Å². The molecule has 2 saturated heterocycles. The summed E-state index contributed by atoms with van der Waals surface area (Å²) in [5, 5.41) is 4.34. The Bertz CT molecular complexity index is 1220. The average molecular weight is 536 g/mol. The molecule has 5 rings (SSSR count). The van der Waals surface area contributed by atoms with Crippen LogP contribution in [-0.4, -0.2) is 76.0 Å². The molecule has 200 valence electrons. The second-order valence-corrected chi connectivity index (χ2v) is 10.8. The van der Waals surface area contributed by atoms with Crippen molar-refractivity contribution in [2.45, 2.75) is 29.8 Å². The van der Waals surface area contributed by atoms with Gasteiger partial charge in [0.1, 0.15) is 5.75 Å². The molecular formula is C28H33N5O4S. The highest BCUT2D eigenvalue weighted by atomic mass is 32.2. The normalized spacial score (nSPS) is 16.8. The highest BCUT2D eigenvalue weighted by molar-refractivity contribution is 7.99. The van der Waals surface area contributed by atoms with Crippen LogP contribution < -0.4 is 10.1 Å². The van der Waals surface area contributed by atoms with Crippen molar-refractivity contribution in [3.8, 4) is 5.75 Å². The molecule has 0 aliphatic carbocycles. The fourth-order valence-corrected chi connectivity index (χ4v) is 5.62. The van der Waals surface area contributed by atoms with E-state index in [9.17, 15) is 9.59 Å². The first-order valence-electron chi connectivity index (χ1n) is 12.9. The predicted octanol–water partition coefficient (Wildman–Crippen LogP) is 4.26. The van der Waals surface area contributed by atoms with Gasteiger partial charge in [0.05, 0.1) is 13.2 Å². The number of benzene rings is 2. The van der Waals surface area contributed by atoms with Gasteiger partial charge in [0, 0.05) is 68.7 Å². The van der Waals surface area contributed by atoms with E-state index in [0.29, 0.717) is 35.3 Å². The van der Waals surface area contributed by atoms with Crippen LogP contribution >= 0.6 is 11.8 Å². The minimum absolute atomic E-state index is 0.182. The second-order valence-electron chi connectivity index (χ2n) is 9.56. The molecule has 1 N–H and O–H groups in total. The number of rotatable bonds is 7. The van der Waals surface area contributed by atoms with E-state index in [-0.39, 0.29) is 12.0 Å². The maximum Gasteiger partial charge on any atom is 0.415 e. The highest BCUT2D eigenvalue weighted by Gasteiger charge is 2.25. The lowest BCUT2D eigenvalue weighted by Crippen LogP contribution is -2.40. The Morgan fingerprint density at radius 1 is 1.03 bits per heavy atom. The number of imidazole rings is 1. The summed E-state index contributed by atoms with van der Waals surface area (Å²) in [6.07, 6.45) is 5.18. The third-order valence-corrected chi connectivity index (χ3v) is 8.20. The Morgan fingerprint density at radius 2 is 1.74 bits per heavy atom. The molecule has 2 aliphatic rings. The first kappa shape index (κ1) is 26.3. The molecule has 38 heavy (non-hydrogen) atoms. The van der Waals surface area contributed by atoms with Gasteiger partial charge in [0.25, 0.3) is 5.91 Å². The van der Waals surface area contributed by atoms with Crippen molar-refractivity contribution < 1.29 is 19.1 Å². The van der Waals surface area contributed by atoms with Crippen LogP contribution in [0.5, 0.6) is 5.75 Å². The van der Waals surface area contributed by atoms with Crippen LogP contribution in [0.25, 0.3) is 0 Å². The Kier molecular flexibility index (Phi) is 8.62. The number of carbonyl (C=O) groups excluding carboxylic acids is 2. The molecule has 2 aliphatic heterocycles. The summed E-state index contributed by atoms with van der Waals surface area (Å²) in [4.78, 5) is 33.8. The molecule has 0 atom stereocenters. The first-order valence-corrected chi connectivity index (χ1v) is 13.8. The number of hydrogen-bond donors (Lipinski definition) is 1. The van der Waals surface area contributed by atoms with Gasteiger partial charge >= 0.3 is 6.09 Å². The third kappa shape index (κ3) is 6.94. The maximum absolute atomic E-state index is 12.7. The van der Waals surface area contributed by atoms with Gasteiger partial charge in [0.2, 0.25) is 0 Å². The van der Waals surface area contributed by atoms with Crippen molar-refractivity contribution in [2.24, 2.45) is 7.05 Å². The van der Waals surface area contributed by atoms with Crippen LogP contribution in [0.15, 0.2) is 66.1 Å². The zero-order valence-corrected chi connectivity index (χ0v) is 22.4. The van der Waals surface area contributed by atoms with Crippen LogP contribution in [0.3, 0.4) is 0 Å². The molecule has 2 aromatic carbocycles. The molecule has 0 radical (unpaired) electrons. The molecule has 0 bridgehead atoms. The Hall–Kier alpha value is -3.34. The van der Waals surface area contributed by atoms with E-state index in [2.05, 4.69) is 15.2 Å². The Balaban J connectivity index is 1.07. The molecule has 2 fully saturated rings. The van der Waals surface area contributed by atoms with Crippen LogP contribution in [-0.2, 0) is 18.3 Å². The summed E-state index contributed by atoms with van der Waals surface area (Å²) in [5.41, 5.74) is 2.40. The molecule has 0 spiro atoms. The van der Waals surface area contributed by atoms with E-state index in [1.807, 2.05) is 42.1 Å². The predicted molar refractivity (Wildman–Crippen MR) is 147 cm³/mol. The summed E-state index contributed by atoms with van der Waals surface area (Å²) in [5.74, 6) is 0.268. The van der Waals surface area contributed by atoms with E-state index in [0.717, 1.165) is 50.8 Å². The summed E-state index contributed by atoms with van der Waals surface area (Å²) < 4.78 is 13.0. The van der Waals surface area contributed by atoms with Crippen molar-refractivity contribution in [3.05, 3.63) is 72.1 Å². The van der Waals surface area contributed by atoms with E-state index in [1.54, 1.807) is 47.1 Å². The van der Waals surface area contributed by atoms with Gasteiger partial charge in [-0.15, -0.1) is 0 Å². The topological polar surface area (TPSA) is 88.9 Å². The van der Waals surface area contributed by atoms with Gasteiger partial charge in [-0.3, -0.25) is 9.69 Å². The molecule has 9 nitrogen and oxygen atoms in total. The van der Waals surface area contributed by atoms with E-state index in [4.69, 9.17) is 9.47 Å². The molecule has 2 amide bonds. The van der Waals surface area contributed by atoms with E-state index < -0.39 is 0 Å². The smallest absolute Gasteiger partial charge is 0.410 e. The van der Waals surface area contributed by atoms with Gasteiger partial charge in [-0.25, -0.2) is 9.78 Å². The molecular weight excluding hydrogens is 502 g/mol. The minimum atomic E-state index is -0.348. The zero-order chi connectivity index (χ0) is 26.3. The number of amides is 2. The summed E-state index contributed by atoms with van der Waals surface area (Å²) in [6.45, 7) is 5.55. The molecule has 3 aromatic rings. The van der Waals surface area contributed by atoms with Crippen molar-refractivity contribution in [2.75, 3.05) is 44.7 Å². The van der Waals surface area contributed by atoms with Crippen LogP contribution in [0.2, 0.25) is 0 Å². The number of likely N-dealkylation sites (tertiary alicyclic amines) is 1. The number of aryl methyl sites for hydroxylation is 1. The number of morpholine rings is 1. The molecule has 0 saturated carbocycles. The quantitative estimate of drug-likeness (QED) is 0.484. The molecule has 1 aromatic heterocycles. The molecule has 10 heteroatoms. The summed E-state index contributed by atoms with van der Waals surface area (Å²) >= 11 is 1.76. The number of thioether (sulfide) groups is 1. The van der Waals surface area contributed by atoms with Gasteiger partial charge in [-0.2, -0.15) is 0 Å². The Morgan fingerprint density at radius 3 is 2.39 bits per heavy atom. The van der Waals surface area contributed by atoms with Gasteiger partial charge in [-0.05, 0) is 54.8 Å². The second kappa shape index (κ2) is 12.5. The number of hydrogen-bond acceptors (Lipinski definition) is 7. The maximum atomic E-state index is 12.7. The fraction of sp³-hybridized carbons (Fsp3) is 0.393. The zero-order valence-electron chi connectivity index (χ0n) is 21.5. The van der Waals surface area contributed by atoms with Crippen LogP contribution in [0, 0.1) is 0 Å². The lowest BCUT2D eigenvalue weighted by molar-refractivity contribution is 0.0342. The van der Waals surface area contributed by atoms with E-state index >= 15 is 0 Å². The summed E-state index contributed by atoms with van der Waals surface area (Å²) in [6, 6.07) is 14.6. The van der Waals surface area contributed by atoms with Crippen molar-refractivity contribution >= 4 is 29.4 Å². The summed E-state index contributed by atoms with van der Waals surface area (Å²) in [7, 11) is 1.99. The number of anilines is 1. The average Bonchev–Trinajstić information content (AvgIpc) is 3.35. The lowest BCUT2D eigenvalue weighted by atomic mass is 10.1. The number of nitrogens with one attached hydrogen (secondary N) is 1. The molecule has 3 heterocycles.